The Labute approximate surface area is 166 Å². The number of carbonyl (C=O) groups is 1. The highest BCUT2D eigenvalue weighted by Crippen LogP contribution is 2.17. The summed E-state index contributed by atoms with van der Waals surface area (Å²) in [6.45, 7) is 7.03. The molecule has 0 spiro atoms. The molecule has 7 nitrogen and oxygen atoms in total. The van der Waals surface area contributed by atoms with Gasteiger partial charge in [0.25, 0.3) is 5.91 Å². The number of anilines is 1. The fourth-order valence-corrected chi connectivity index (χ4v) is 2.94. The lowest BCUT2D eigenvalue weighted by molar-refractivity contribution is -0.123. The van der Waals surface area contributed by atoms with Crippen LogP contribution in [0.2, 0.25) is 0 Å². The lowest BCUT2D eigenvalue weighted by atomic mass is 10.2. The summed E-state index contributed by atoms with van der Waals surface area (Å²) in [7, 11) is 2.14. The Bertz CT molecular complexity index is 741. The molecule has 7 heteroatoms. The van der Waals surface area contributed by atoms with Crippen molar-refractivity contribution >= 4 is 11.7 Å². The van der Waals surface area contributed by atoms with E-state index in [1.165, 1.54) is 0 Å². The van der Waals surface area contributed by atoms with Crippen LogP contribution in [0.5, 0.6) is 11.5 Å². The standard InChI is InChI=1S/C21H28N4O3/c1-3-27-18-5-7-19(8-6-18)28-16-21(26)23-15-17-4-9-20(22-14-17)25-12-10-24(2)11-13-25/h4-9,14H,3,10-13,15-16H2,1-2H3,(H,23,26). The van der Waals surface area contributed by atoms with Gasteiger partial charge in [0, 0.05) is 38.9 Å². The third-order valence-electron chi connectivity index (χ3n) is 4.63. The number of rotatable bonds is 8. The molecule has 0 saturated carbocycles. The van der Waals surface area contributed by atoms with E-state index in [0.29, 0.717) is 18.9 Å². The van der Waals surface area contributed by atoms with Gasteiger partial charge in [-0.25, -0.2) is 4.98 Å². The second kappa shape index (κ2) is 9.94. The van der Waals surface area contributed by atoms with E-state index in [2.05, 4.69) is 27.1 Å². The third-order valence-corrected chi connectivity index (χ3v) is 4.63. The topological polar surface area (TPSA) is 66.9 Å². The molecule has 1 saturated heterocycles. The Hall–Kier alpha value is -2.80. The number of benzene rings is 1. The first-order valence-electron chi connectivity index (χ1n) is 9.65. The molecule has 1 aliphatic heterocycles. The molecule has 3 rings (SSSR count). The molecule has 1 N–H and O–H groups in total. The molecule has 2 heterocycles. The molecule has 0 unspecified atom stereocenters. The van der Waals surface area contributed by atoms with Crippen LogP contribution in [0, 0.1) is 0 Å². The zero-order valence-corrected chi connectivity index (χ0v) is 16.6. The van der Waals surface area contributed by atoms with Crippen molar-refractivity contribution in [3.05, 3.63) is 48.2 Å². The van der Waals surface area contributed by atoms with Gasteiger partial charge >= 0.3 is 0 Å². The number of ether oxygens (including phenoxy) is 2. The summed E-state index contributed by atoms with van der Waals surface area (Å²) in [5.74, 6) is 2.24. The number of hydrogen-bond acceptors (Lipinski definition) is 6. The number of nitrogens with zero attached hydrogens (tertiary/aromatic N) is 3. The number of likely N-dealkylation sites (N-methyl/N-ethyl adjacent to an activating group) is 1. The molecule has 150 valence electrons. The fraction of sp³-hybridized carbons (Fsp3) is 0.429. The molecule has 0 atom stereocenters. The zero-order valence-electron chi connectivity index (χ0n) is 16.6. The summed E-state index contributed by atoms with van der Waals surface area (Å²) >= 11 is 0. The maximum Gasteiger partial charge on any atom is 0.258 e. The van der Waals surface area contributed by atoms with Crippen molar-refractivity contribution in [3.63, 3.8) is 0 Å². The SMILES string of the molecule is CCOc1ccc(OCC(=O)NCc2ccc(N3CCN(C)CC3)nc2)cc1. The van der Waals surface area contributed by atoms with Gasteiger partial charge in [-0.2, -0.15) is 0 Å². The van der Waals surface area contributed by atoms with E-state index in [1.807, 2.05) is 37.4 Å². The predicted octanol–water partition coefficient (Wildman–Crippen LogP) is 1.93. The van der Waals surface area contributed by atoms with Crippen molar-refractivity contribution in [2.75, 3.05) is 51.3 Å². The van der Waals surface area contributed by atoms with Crippen LogP contribution in [-0.4, -0.2) is 62.2 Å². The molecule has 1 fully saturated rings. The van der Waals surface area contributed by atoms with Crippen molar-refractivity contribution in [1.29, 1.82) is 0 Å². The van der Waals surface area contributed by atoms with Crippen LogP contribution in [0.4, 0.5) is 5.82 Å². The number of piperazine rings is 1. The Morgan fingerprint density at radius 2 is 1.71 bits per heavy atom. The summed E-state index contributed by atoms with van der Waals surface area (Å²) in [6, 6.07) is 11.3. The maximum absolute atomic E-state index is 12.0. The van der Waals surface area contributed by atoms with Crippen LogP contribution in [-0.2, 0) is 11.3 Å². The number of amides is 1. The van der Waals surface area contributed by atoms with E-state index in [4.69, 9.17) is 9.47 Å². The van der Waals surface area contributed by atoms with Crippen LogP contribution in [0.1, 0.15) is 12.5 Å². The second-order valence-corrected chi connectivity index (χ2v) is 6.78. The molecule has 1 aromatic heterocycles. The number of carbonyl (C=O) groups excluding carboxylic acids is 1. The second-order valence-electron chi connectivity index (χ2n) is 6.78. The van der Waals surface area contributed by atoms with Crippen LogP contribution in [0.15, 0.2) is 42.6 Å². The smallest absolute Gasteiger partial charge is 0.258 e. The minimum Gasteiger partial charge on any atom is -0.494 e. The number of hydrogen-bond donors (Lipinski definition) is 1. The summed E-state index contributed by atoms with van der Waals surface area (Å²) < 4.78 is 10.9. The average Bonchev–Trinajstić information content (AvgIpc) is 2.73. The average molecular weight is 384 g/mol. The Morgan fingerprint density at radius 3 is 2.32 bits per heavy atom. The minimum atomic E-state index is -0.169. The number of aromatic nitrogens is 1. The van der Waals surface area contributed by atoms with Crippen LogP contribution in [0.3, 0.4) is 0 Å². The van der Waals surface area contributed by atoms with Gasteiger partial charge in [0.1, 0.15) is 17.3 Å². The molecular formula is C21H28N4O3. The lowest BCUT2D eigenvalue weighted by Crippen LogP contribution is -2.44. The number of pyridine rings is 1. The Kier molecular flexibility index (Phi) is 7.08. The van der Waals surface area contributed by atoms with Gasteiger partial charge in [0.2, 0.25) is 0 Å². The van der Waals surface area contributed by atoms with Gasteiger partial charge in [0.05, 0.1) is 6.61 Å². The highest BCUT2D eigenvalue weighted by molar-refractivity contribution is 5.77. The first kappa shape index (κ1) is 19.9. The first-order valence-corrected chi connectivity index (χ1v) is 9.65. The normalized spacial score (nSPS) is 14.6. The van der Waals surface area contributed by atoms with Crippen LogP contribution in [0.25, 0.3) is 0 Å². The maximum atomic E-state index is 12.0. The molecular weight excluding hydrogens is 356 g/mol. The van der Waals surface area contributed by atoms with Gasteiger partial charge in [-0.1, -0.05) is 6.07 Å². The highest BCUT2D eigenvalue weighted by atomic mass is 16.5. The van der Waals surface area contributed by atoms with Gasteiger partial charge in [-0.05, 0) is 49.9 Å². The summed E-state index contributed by atoms with van der Waals surface area (Å²) in [5.41, 5.74) is 0.965. The molecule has 0 radical (unpaired) electrons. The summed E-state index contributed by atoms with van der Waals surface area (Å²) in [4.78, 5) is 21.1. The summed E-state index contributed by atoms with van der Waals surface area (Å²) in [6.07, 6.45) is 1.82. The zero-order chi connectivity index (χ0) is 19.8. The highest BCUT2D eigenvalue weighted by Gasteiger charge is 2.15. The predicted molar refractivity (Wildman–Crippen MR) is 109 cm³/mol. The fourth-order valence-electron chi connectivity index (χ4n) is 2.94. The molecule has 1 aromatic carbocycles. The minimum absolute atomic E-state index is 0.0270. The Balaban J connectivity index is 1.40. The van der Waals surface area contributed by atoms with E-state index in [1.54, 1.807) is 12.1 Å². The number of nitrogens with one attached hydrogen (secondary N) is 1. The molecule has 28 heavy (non-hydrogen) atoms. The van der Waals surface area contributed by atoms with Crippen molar-refractivity contribution in [2.24, 2.45) is 0 Å². The van der Waals surface area contributed by atoms with E-state index in [0.717, 1.165) is 43.3 Å². The van der Waals surface area contributed by atoms with Gasteiger partial charge in [-0.15, -0.1) is 0 Å². The molecule has 0 bridgehead atoms. The molecule has 2 aromatic rings. The van der Waals surface area contributed by atoms with Crippen molar-refractivity contribution < 1.29 is 14.3 Å². The molecule has 0 aliphatic carbocycles. The van der Waals surface area contributed by atoms with E-state index >= 15 is 0 Å². The quantitative estimate of drug-likeness (QED) is 0.750. The van der Waals surface area contributed by atoms with Gasteiger partial charge < -0.3 is 24.6 Å². The van der Waals surface area contributed by atoms with Crippen molar-refractivity contribution in [1.82, 2.24) is 15.2 Å². The Morgan fingerprint density at radius 1 is 1.04 bits per heavy atom. The monoisotopic (exact) mass is 384 g/mol. The van der Waals surface area contributed by atoms with Crippen LogP contribution < -0.4 is 19.7 Å². The largest absolute Gasteiger partial charge is 0.494 e. The van der Waals surface area contributed by atoms with Crippen molar-refractivity contribution in [2.45, 2.75) is 13.5 Å². The van der Waals surface area contributed by atoms with E-state index < -0.39 is 0 Å². The van der Waals surface area contributed by atoms with Gasteiger partial charge in [-0.3, -0.25) is 4.79 Å². The first-order chi connectivity index (χ1) is 13.6. The lowest BCUT2D eigenvalue weighted by Gasteiger charge is -2.33. The van der Waals surface area contributed by atoms with Crippen molar-refractivity contribution in [3.8, 4) is 11.5 Å². The molecule has 1 amide bonds. The molecule has 1 aliphatic rings. The van der Waals surface area contributed by atoms with Gasteiger partial charge in [0.15, 0.2) is 6.61 Å². The summed E-state index contributed by atoms with van der Waals surface area (Å²) in [5, 5.41) is 2.86. The van der Waals surface area contributed by atoms with E-state index in [9.17, 15) is 4.79 Å². The third kappa shape index (κ3) is 5.85. The van der Waals surface area contributed by atoms with Crippen LogP contribution >= 0.6 is 0 Å². The van der Waals surface area contributed by atoms with E-state index in [-0.39, 0.29) is 12.5 Å².